The predicted octanol–water partition coefficient (Wildman–Crippen LogP) is 4.06. The number of pyridine rings is 2. The summed E-state index contributed by atoms with van der Waals surface area (Å²) in [5.74, 6) is 0. The molecule has 0 atom stereocenters. The topological polar surface area (TPSA) is 25.8 Å². The van der Waals surface area contributed by atoms with Crippen LogP contribution in [0.3, 0.4) is 0 Å². The van der Waals surface area contributed by atoms with Crippen molar-refractivity contribution in [3.8, 4) is 22.6 Å². The minimum atomic E-state index is 0. The molecule has 1 aromatic carbocycles. The summed E-state index contributed by atoms with van der Waals surface area (Å²) in [5, 5.41) is 0. The van der Waals surface area contributed by atoms with E-state index in [1.807, 2.05) is 60.7 Å². The maximum absolute atomic E-state index is 4.62. The largest absolute Gasteiger partial charge is 0.358 e. The minimum Gasteiger partial charge on any atom is -0.358 e. The zero-order valence-electron chi connectivity index (χ0n) is 11.0. The van der Waals surface area contributed by atoms with Gasteiger partial charge in [0.05, 0.1) is 11.4 Å². The molecule has 0 bridgehead atoms. The van der Waals surface area contributed by atoms with Crippen molar-refractivity contribution in [2.75, 3.05) is 0 Å². The number of hydrogen-bond acceptors (Lipinski definition) is 2. The maximum atomic E-state index is 4.62. The van der Waals surface area contributed by atoms with Crippen LogP contribution in [-0.2, 0) is 22.4 Å². The summed E-state index contributed by atoms with van der Waals surface area (Å²) in [6.45, 7) is 0. The van der Waals surface area contributed by atoms with Gasteiger partial charge in [0.25, 0.3) is 0 Å². The predicted molar refractivity (Wildman–Crippen MR) is 78.2 cm³/mol. The van der Waals surface area contributed by atoms with E-state index in [4.69, 9.17) is 0 Å². The van der Waals surface area contributed by atoms with Gasteiger partial charge in [0, 0.05) is 28.6 Å². The van der Waals surface area contributed by atoms with Crippen LogP contribution in [0.15, 0.2) is 66.9 Å². The minimum absolute atomic E-state index is 0. The van der Waals surface area contributed by atoms with Gasteiger partial charge in [-0.05, 0) is 23.9 Å². The number of rotatable bonds is 2. The first-order valence-electron chi connectivity index (χ1n) is 5.79. The van der Waals surface area contributed by atoms with Crippen molar-refractivity contribution in [2.45, 2.75) is 0 Å². The van der Waals surface area contributed by atoms with Crippen molar-refractivity contribution in [1.82, 2.24) is 9.97 Å². The van der Waals surface area contributed by atoms with Crippen LogP contribution in [-0.4, -0.2) is 9.97 Å². The van der Waals surface area contributed by atoms with Crippen molar-refractivity contribution in [3.05, 3.63) is 80.4 Å². The molecule has 0 aliphatic carbocycles. The van der Waals surface area contributed by atoms with Crippen LogP contribution in [0, 0.1) is 13.5 Å². The Labute approximate surface area is 135 Å². The van der Waals surface area contributed by atoms with E-state index in [1.165, 1.54) is 0 Å². The molecular formula is C17H14AuN2-2. The molecule has 2 nitrogen and oxygen atoms in total. The molecular weight excluding hydrogens is 429 g/mol. The van der Waals surface area contributed by atoms with Crippen LogP contribution in [0.5, 0.6) is 0 Å². The Morgan fingerprint density at radius 3 is 2.20 bits per heavy atom. The standard InChI is InChI=1S/C16H11N2.CH3.Au/c1-2-7-13(8-3-1)14-10-6-11-16(18-14)15-9-4-5-12-17-15;;/h1-7,9-12H;1H3;/q2*-1;. The van der Waals surface area contributed by atoms with E-state index in [0.29, 0.717) is 0 Å². The quantitative estimate of drug-likeness (QED) is 0.441. The second-order valence-corrected chi connectivity index (χ2v) is 3.90. The molecule has 2 heterocycles. The van der Waals surface area contributed by atoms with Crippen molar-refractivity contribution < 1.29 is 22.4 Å². The van der Waals surface area contributed by atoms with Gasteiger partial charge in [-0.1, -0.05) is 18.2 Å². The molecule has 0 N–H and O–H groups in total. The third kappa shape index (κ3) is 3.64. The zero-order chi connectivity index (χ0) is 12.2. The van der Waals surface area contributed by atoms with Gasteiger partial charge >= 0.3 is 0 Å². The Bertz CT molecular complexity index is 585. The molecule has 1 radical (unpaired) electrons. The summed E-state index contributed by atoms with van der Waals surface area (Å²) in [7, 11) is 0. The molecule has 3 heteroatoms. The monoisotopic (exact) mass is 443 g/mol. The fourth-order valence-corrected chi connectivity index (χ4v) is 1.79. The first kappa shape index (κ1) is 16.3. The van der Waals surface area contributed by atoms with Gasteiger partial charge in [-0.15, -0.1) is 35.9 Å². The van der Waals surface area contributed by atoms with Crippen molar-refractivity contribution in [2.24, 2.45) is 0 Å². The second kappa shape index (κ2) is 7.75. The Hall–Kier alpha value is -1.74. The molecule has 0 saturated heterocycles. The third-order valence-electron chi connectivity index (χ3n) is 2.66. The van der Waals surface area contributed by atoms with Gasteiger partial charge < -0.3 is 7.43 Å². The van der Waals surface area contributed by atoms with E-state index in [2.05, 4.69) is 16.0 Å². The normalized spacial score (nSPS) is 9.20. The summed E-state index contributed by atoms with van der Waals surface area (Å²) in [5.41, 5.74) is 3.68. The van der Waals surface area contributed by atoms with E-state index in [1.54, 1.807) is 6.20 Å². The molecule has 0 saturated carbocycles. The van der Waals surface area contributed by atoms with Crippen LogP contribution in [0.1, 0.15) is 0 Å². The van der Waals surface area contributed by atoms with Gasteiger partial charge in [0.2, 0.25) is 0 Å². The fraction of sp³-hybridized carbons (Fsp3) is 0. The van der Waals surface area contributed by atoms with Crippen LogP contribution < -0.4 is 0 Å². The molecule has 0 spiro atoms. The van der Waals surface area contributed by atoms with Gasteiger partial charge in [0.1, 0.15) is 0 Å². The van der Waals surface area contributed by atoms with Gasteiger partial charge in [0.15, 0.2) is 0 Å². The van der Waals surface area contributed by atoms with Crippen LogP contribution in [0.25, 0.3) is 22.6 Å². The molecule has 0 aliphatic heterocycles. The van der Waals surface area contributed by atoms with E-state index in [0.717, 1.165) is 22.6 Å². The molecule has 3 rings (SSSR count). The van der Waals surface area contributed by atoms with Crippen LogP contribution in [0.4, 0.5) is 0 Å². The smallest absolute Gasteiger partial charge is 0.0876 e. The SMILES string of the molecule is [Au].[CH3-].[c-]1ccccc1-c1cccc(-c2ccccn2)n1. The van der Waals surface area contributed by atoms with Crippen molar-refractivity contribution in [3.63, 3.8) is 0 Å². The van der Waals surface area contributed by atoms with Crippen molar-refractivity contribution in [1.29, 1.82) is 0 Å². The van der Waals surface area contributed by atoms with Crippen LogP contribution in [0.2, 0.25) is 0 Å². The summed E-state index contributed by atoms with van der Waals surface area (Å²) in [6.07, 6.45) is 1.78. The Morgan fingerprint density at radius 2 is 1.50 bits per heavy atom. The van der Waals surface area contributed by atoms with E-state index < -0.39 is 0 Å². The maximum Gasteiger partial charge on any atom is 0.0876 e. The second-order valence-electron chi connectivity index (χ2n) is 3.90. The van der Waals surface area contributed by atoms with Crippen molar-refractivity contribution >= 4 is 0 Å². The average molecular weight is 443 g/mol. The Balaban J connectivity index is 0.000001000. The van der Waals surface area contributed by atoms with Gasteiger partial charge in [-0.2, -0.15) is 0 Å². The number of aromatic nitrogens is 2. The van der Waals surface area contributed by atoms with Crippen LogP contribution >= 0.6 is 0 Å². The first-order valence-corrected chi connectivity index (χ1v) is 5.79. The van der Waals surface area contributed by atoms with Gasteiger partial charge in [-0.3, -0.25) is 9.97 Å². The Morgan fingerprint density at radius 1 is 0.750 bits per heavy atom. The molecule has 0 fully saturated rings. The Kier molecular flexibility index (Phi) is 6.33. The molecule has 0 amide bonds. The average Bonchev–Trinajstić information content (AvgIpc) is 2.49. The molecule has 20 heavy (non-hydrogen) atoms. The van der Waals surface area contributed by atoms with E-state index in [9.17, 15) is 0 Å². The number of benzene rings is 1. The van der Waals surface area contributed by atoms with E-state index in [-0.39, 0.29) is 29.8 Å². The van der Waals surface area contributed by atoms with Gasteiger partial charge in [-0.25, -0.2) is 0 Å². The summed E-state index contributed by atoms with van der Waals surface area (Å²) < 4.78 is 0. The zero-order valence-corrected chi connectivity index (χ0v) is 13.2. The molecule has 3 aromatic rings. The summed E-state index contributed by atoms with van der Waals surface area (Å²) in [4.78, 5) is 8.93. The molecule has 105 valence electrons. The summed E-state index contributed by atoms with van der Waals surface area (Å²) >= 11 is 0. The molecule has 0 unspecified atom stereocenters. The summed E-state index contributed by atoms with van der Waals surface area (Å²) in [6, 6.07) is 22.8. The fourth-order valence-electron chi connectivity index (χ4n) is 1.79. The number of hydrogen-bond donors (Lipinski definition) is 0. The first-order chi connectivity index (χ1) is 8.93. The van der Waals surface area contributed by atoms with E-state index >= 15 is 0 Å². The number of nitrogens with zero attached hydrogens (tertiary/aromatic N) is 2. The molecule has 0 aliphatic rings. The third-order valence-corrected chi connectivity index (χ3v) is 2.66. The molecule has 2 aromatic heterocycles.